The second-order valence-electron chi connectivity index (χ2n) is 5.02. The molecule has 0 saturated heterocycles. The molecule has 2 aromatic carbocycles. The molecule has 0 radical (unpaired) electrons. The second-order valence-corrected chi connectivity index (χ2v) is 5.02. The van der Waals surface area contributed by atoms with Gasteiger partial charge in [-0.1, -0.05) is 18.2 Å². The van der Waals surface area contributed by atoms with Crippen LogP contribution in [0, 0.1) is 11.6 Å². The molecular formula is C17H19F2NO. The third-order valence-electron chi connectivity index (χ3n) is 3.54. The van der Waals surface area contributed by atoms with Crippen molar-refractivity contribution in [3.63, 3.8) is 0 Å². The molecule has 2 nitrogen and oxygen atoms in total. The Kier molecular flexibility index (Phi) is 4.91. The number of ether oxygens (including phenoxy) is 1. The minimum Gasteiger partial charge on any atom is -0.496 e. The van der Waals surface area contributed by atoms with Gasteiger partial charge in [-0.05, 0) is 43.7 Å². The first kappa shape index (κ1) is 15.4. The fourth-order valence-corrected chi connectivity index (χ4v) is 2.42. The summed E-state index contributed by atoms with van der Waals surface area (Å²) in [4.78, 5) is 0. The van der Waals surface area contributed by atoms with Gasteiger partial charge in [-0.15, -0.1) is 0 Å². The molecule has 4 heteroatoms. The number of rotatable bonds is 5. The van der Waals surface area contributed by atoms with Gasteiger partial charge >= 0.3 is 0 Å². The molecule has 0 spiro atoms. The van der Waals surface area contributed by atoms with Crippen molar-refractivity contribution in [1.29, 1.82) is 0 Å². The van der Waals surface area contributed by atoms with Gasteiger partial charge in [-0.25, -0.2) is 8.78 Å². The minimum atomic E-state index is -0.305. The lowest BCUT2D eigenvalue weighted by molar-refractivity contribution is 0.387. The molecule has 0 aliphatic rings. The zero-order valence-electron chi connectivity index (χ0n) is 12.4. The summed E-state index contributed by atoms with van der Waals surface area (Å²) in [6, 6.07) is 10.8. The molecule has 21 heavy (non-hydrogen) atoms. The monoisotopic (exact) mass is 291 g/mol. The maximum Gasteiger partial charge on any atom is 0.131 e. The van der Waals surface area contributed by atoms with Crippen LogP contribution in [0.4, 0.5) is 8.78 Å². The minimum absolute atomic E-state index is 0.0371. The number of halogens is 2. The molecule has 1 unspecified atom stereocenters. The van der Waals surface area contributed by atoms with Crippen LogP contribution in [0.2, 0.25) is 0 Å². The molecule has 0 aliphatic carbocycles. The SMILES string of the molecule is COc1cccc(F)c1C(C)N[C@@H](C)c1ccc(F)cc1. The van der Waals surface area contributed by atoms with Gasteiger partial charge in [0.15, 0.2) is 0 Å². The van der Waals surface area contributed by atoms with Crippen LogP contribution in [0.15, 0.2) is 42.5 Å². The summed E-state index contributed by atoms with van der Waals surface area (Å²) in [7, 11) is 1.52. The quantitative estimate of drug-likeness (QED) is 0.882. The van der Waals surface area contributed by atoms with Crippen molar-refractivity contribution in [3.8, 4) is 5.75 Å². The molecule has 1 N–H and O–H groups in total. The van der Waals surface area contributed by atoms with Crippen molar-refractivity contribution in [2.75, 3.05) is 7.11 Å². The Labute approximate surface area is 123 Å². The summed E-state index contributed by atoms with van der Waals surface area (Å²) < 4.78 is 32.2. The number of nitrogens with one attached hydrogen (secondary N) is 1. The zero-order chi connectivity index (χ0) is 15.4. The van der Waals surface area contributed by atoms with Crippen molar-refractivity contribution in [2.24, 2.45) is 0 Å². The Morgan fingerprint density at radius 1 is 0.952 bits per heavy atom. The Bertz CT molecular complexity index is 598. The maximum absolute atomic E-state index is 14.0. The lowest BCUT2D eigenvalue weighted by atomic mass is 10.0. The van der Waals surface area contributed by atoms with Crippen molar-refractivity contribution in [1.82, 2.24) is 5.32 Å². The van der Waals surface area contributed by atoms with E-state index in [2.05, 4.69) is 5.32 Å². The maximum atomic E-state index is 14.0. The molecule has 0 bridgehead atoms. The van der Waals surface area contributed by atoms with Crippen LogP contribution in [-0.2, 0) is 0 Å². The van der Waals surface area contributed by atoms with Crippen molar-refractivity contribution < 1.29 is 13.5 Å². The molecule has 0 saturated carbocycles. The topological polar surface area (TPSA) is 21.3 Å². The van der Waals surface area contributed by atoms with Gasteiger partial charge in [0, 0.05) is 17.6 Å². The van der Waals surface area contributed by atoms with Crippen LogP contribution in [0.3, 0.4) is 0 Å². The Morgan fingerprint density at radius 3 is 2.24 bits per heavy atom. The van der Waals surface area contributed by atoms with Gasteiger partial charge in [0.2, 0.25) is 0 Å². The number of methoxy groups -OCH3 is 1. The van der Waals surface area contributed by atoms with Crippen LogP contribution < -0.4 is 10.1 Å². The van der Waals surface area contributed by atoms with Crippen LogP contribution >= 0.6 is 0 Å². The van der Waals surface area contributed by atoms with E-state index in [4.69, 9.17) is 4.74 Å². The van der Waals surface area contributed by atoms with Gasteiger partial charge < -0.3 is 10.1 Å². The highest BCUT2D eigenvalue weighted by Gasteiger charge is 2.18. The van der Waals surface area contributed by atoms with E-state index < -0.39 is 0 Å². The second kappa shape index (κ2) is 6.68. The third-order valence-corrected chi connectivity index (χ3v) is 3.54. The molecule has 2 atom stereocenters. The first-order valence-corrected chi connectivity index (χ1v) is 6.87. The summed E-state index contributed by atoms with van der Waals surface area (Å²) >= 11 is 0. The molecule has 2 rings (SSSR count). The van der Waals surface area contributed by atoms with E-state index in [9.17, 15) is 8.78 Å². The van der Waals surface area contributed by atoms with Gasteiger partial charge in [-0.3, -0.25) is 0 Å². The molecule has 0 heterocycles. The van der Waals surface area contributed by atoms with E-state index >= 15 is 0 Å². The molecule has 0 aromatic heterocycles. The lowest BCUT2D eigenvalue weighted by Gasteiger charge is -2.22. The smallest absolute Gasteiger partial charge is 0.131 e. The number of hydrogen-bond donors (Lipinski definition) is 1. The van der Waals surface area contributed by atoms with Crippen molar-refractivity contribution >= 4 is 0 Å². The van der Waals surface area contributed by atoms with Crippen LogP contribution in [-0.4, -0.2) is 7.11 Å². The summed E-state index contributed by atoms with van der Waals surface area (Å²) in [5, 5.41) is 3.30. The summed E-state index contributed by atoms with van der Waals surface area (Å²) in [5.41, 5.74) is 1.44. The van der Waals surface area contributed by atoms with Gasteiger partial charge in [0.1, 0.15) is 17.4 Å². The van der Waals surface area contributed by atoms with E-state index in [1.54, 1.807) is 24.3 Å². The molecule has 0 aliphatic heterocycles. The largest absolute Gasteiger partial charge is 0.496 e. The average molecular weight is 291 g/mol. The van der Waals surface area contributed by atoms with E-state index in [1.165, 1.54) is 25.3 Å². The van der Waals surface area contributed by atoms with Crippen LogP contribution in [0.1, 0.15) is 37.1 Å². The molecule has 112 valence electrons. The first-order chi connectivity index (χ1) is 10.0. The Morgan fingerprint density at radius 2 is 1.62 bits per heavy atom. The van der Waals surface area contributed by atoms with Gasteiger partial charge in [0.25, 0.3) is 0 Å². The first-order valence-electron chi connectivity index (χ1n) is 6.87. The van der Waals surface area contributed by atoms with E-state index in [1.807, 2.05) is 13.8 Å². The highest BCUT2D eigenvalue weighted by molar-refractivity contribution is 5.37. The highest BCUT2D eigenvalue weighted by atomic mass is 19.1. The lowest BCUT2D eigenvalue weighted by Crippen LogP contribution is -2.23. The fraction of sp³-hybridized carbons (Fsp3) is 0.294. The summed E-state index contributed by atoms with van der Waals surface area (Å²) in [6.07, 6.45) is 0. The normalized spacial score (nSPS) is 13.8. The average Bonchev–Trinajstić information content (AvgIpc) is 2.47. The summed E-state index contributed by atoms with van der Waals surface area (Å²) in [6.45, 7) is 3.83. The number of benzene rings is 2. The Balaban J connectivity index is 2.18. The van der Waals surface area contributed by atoms with Crippen LogP contribution in [0.5, 0.6) is 5.75 Å². The third kappa shape index (κ3) is 3.58. The van der Waals surface area contributed by atoms with Crippen molar-refractivity contribution in [3.05, 3.63) is 65.2 Å². The van der Waals surface area contributed by atoms with Crippen LogP contribution in [0.25, 0.3) is 0 Å². The predicted octanol–water partition coefficient (Wildman–Crippen LogP) is 4.39. The van der Waals surface area contributed by atoms with Gasteiger partial charge in [-0.2, -0.15) is 0 Å². The molecule has 0 fully saturated rings. The zero-order valence-corrected chi connectivity index (χ0v) is 12.4. The van der Waals surface area contributed by atoms with Crippen molar-refractivity contribution in [2.45, 2.75) is 25.9 Å². The van der Waals surface area contributed by atoms with Gasteiger partial charge in [0.05, 0.1) is 7.11 Å². The standard InChI is InChI=1S/C17H19F2NO/c1-11(13-7-9-14(18)10-8-13)20-12(2)17-15(19)5-4-6-16(17)21-3/h4-12,20H,1-3H3/t11-,12?/m0/s1. The number of hydrogen-bond acceptors (Lipinski definition) is 2. The predicted molar refractivity (Wildman–Crippen MR) is 79.3 cm³/mol. The van der Waals surface area contributed by atoms with E-state index in [0.717, 1.165) is 5.56 Å². The van der Waals surface area contributed by atoms with E-state index in [-0.39, 0.29) is 23.7 Å². The molecule has 2 aromatic rings. The fourth-order valence-electron chi connectivity index (χ4n) is 2.42. The highest BCUT2D eigenvalue weighted by Crippen LogP contribution is 2.29. The molecule has 0 amide bonds. The van der Waals surface area contributed by atoms with E-state index in [0.29, 0.717) is 11.3 Å². The molecular weight excluding hydrogens is 272 g/mol. The Hall–Kier alpha value is -1.94. The summed E-state index contributed by atoms with van der Waals surface area (Å²) in [5.74, 6) is -0.0586.